The summed E-state index contributed by atoms with van der Waals surface area (Å²) in [5.74, 6) is -0.197. The molecule has 124 valence electrons. The number of thioether (sulfide) groups is 1. The number of carbonyl (C=O) groups is 1. The van der Waals surface area contributed by atoms with Crippen LogP contribution < -0.4 is 11.1 Å². The van der Waals surface area contributed by atoms with E-state index in [1.54, 1.807) is 6.92 Å². The zero-order valence-electron chi connectivity index (χ0n) is 13.6. The van der Waals surface area contributed by atoms with E-state index in [0.29, 0.717) is 9.47 Å². The van der Waals surface area contributed by atoms with Crippen LogP contribution in [0, 0.1) is 25.2 Å². The van der Waals surface area contributed by atoms with Gasteiger partial charge in [0.2, 0.25) is 5.13 Å². The van der Waals surface area contributed by atoms with Crippen LogP contribution in [-0.4, -0.2) is 21.7 Å². The highest BCUT2D eigenvalue weighted by Gasteiger charge is 2.14. The summed E-state index contributed by atoms with van der Waals surface area (Å²) < 4.78 is 0.657. The van der Waals surface area contributed by atoms with Crippen molar-refractivity contribution in [2.24, 2.45) is 5.73 Å². The molecule has 0 saturated heterocycles. The monoisotopic (exact) mass is 359 g/mol. The van der Waals surface area contributed by atoms with Gasteiger partial charge in [-0.1, -0.05) is 41.3 Å². The Morgan fingerprint density at radius 2 is 2.04 bits per heavy atom. The number of aromatic nitrogens is 2. The summed E-state index contributed by atoms with van der Waals surface area (Å²) in [5.41, 5.74) is 9.02. The Bertz CT molecular complexity index is 811. The molecule has 2 rings (SSSR count). The standard InChI is InChI=1S/C16H17N5OS2/c1-9-5-4-6-10(2)14(9)19-15-20-21-16(24-15)23-8-13(22)12(7-17)11(3)18/h4-6H,8,18H2,1-3H3,(H,19,20)/b12-11-. The minimum Gasteiger partial charge on any atom is -0.401 e. The first-order valence-corrected chi connectivity index (χ1v) is 8.91. The van der Waals surface area contributed by atoms with Crippen molar-refractivity contribution < 1.29 is 4.79 Å². The van der Waals surface area contributed by atoms with E-state index in [-0.39, 0.29) is 22.8 Å². The van der Waals surface area contributed by atoms with Crippen LogP contribution in [-0.2, 0) is 4.79 Å². The van der Waals surface area contributed by atoms with Crippen LogP contribution in [0.2, 0.25) is 0 Å². The van der Waals surface area contributed by atoms with Crippen LogP contribution in [0.1, 0.15) is 18.1 Å². The fourth-order valence-corrected chi connectivity index (χ4v) is 3.64. The Hall–Kier alpha value is -2.37. The van der Waals surface area contributed by atoms with Crippen LogP contribution in [0.4, 0.5) is 10.8 Å². The quantitative estimate of drug-likeness (QED) is 0.463. The number of ketones is 1. The van der Waals surface area contributed by atoms with Crippen molar-refractivity contribution in [3.8, 4) is 6.07 Å². The summed E-state index contributed by atoms with van der Waals surface area (Å²) in [5, 5.41) is 21.0. The number of nitriles is 1. The van der Waals surface area contributed by atoms with Gasteiger partial charge in [0.05, 0.1) is 5.75 Å². The van der Waals surface area contributed by atoms with Crippen molar-refractivity contribution in [1.29, 1.82) is 5.26 Å². The molecular formula is C16H17N5OS2. The van der Waals surface area contributed by atoms with E-state index in [1.807, 2.05) is 38.1 Å². The van der Waals surface area contributed by atoms with Crippen LogP contribution in [0.15, 0.2) is 33.8 Å². The maximum absolute atomic E-state index is 11.9. The van der Waals surface area contributed by atoms with Crippen LogP contribution in [0.25, 0.3) is 0 Å². The third-order valence-corrected chi connectivity index (χ3v) is 5.20. The molecular weight excluding hydrogens is 342 g/mol. The third kappa shape index (κ3) is 4.34. The predicted molar refractivity (Wildman–Crippen MR) is 97.3 cm³/mol. The number of nitrogens with two attached hydrogens (primary N) is 1. The smallest absolute Gasteiger partial charge is 0.210 e. The summed E-state index contributed by atoms with van der Waals surface area (Å²) in [6.45, 7) is 5.59. The average molecular weight is 359 g/mol. The third-order valence-electron chi connectivity index (χ3n) is 3.23. The zero-order chi connectivity index (χ0) is 17.7. The zero-order valence-corrected chi connectivity index (χ0v) is 15.2. The molecule has 1 aromatic heterocycles. The summed E-state index contributed by atoms with van der Waals surface area (Å²) in [6.07, 6.45) is 0. The highest BCUT2D eigenvalue weighted by atomic mass is 32.2. The number of allylic oxidation sites excluding steroid dienone is 2. The van der Waals surface area contributed by atoms with Crippen LogP contribution in [0.3, 0.4) is 0 Å². The summed E-state index contributed by atoms with van der Waals surface area (Å²) >= 11 is 2.61. The largest absolute Gasteiger partial charge is 0.401 e. The number of hydrogen-bond acceptors (Lipinski definition) is 8. The average Bonchev–Trinajstić information content (AvgIpc) is 2.97. The van der Waals surface area contributed by atoms with Crippen molar-refractivity contribution in [1.82, 2.24) is 10.2 Å². The molecule has 0 radical (unpaired) electrons. The SMILES string of the molecule is C/C(N)=C(\C#N)C(=O)CSc1nnc(Nc2c(C)cccc2C)s1. The van der Waals surface area contributed by atoms with E-state index in [2.05, 4.69) is 15.5 Å². The number of carbonyl (C=O) groups excluding carboxylic acids is 1. The van der Waals surface area contributed by atoms with Gasteiger partial charge in [-0.3, -0.25) is 4.79 Å². The second-order valence-electron chi connectivity index (χ2n) is 5.15. The van der Waals surface area contributed by atoms with Crippen LogP contribution in [0.5, 0.6) is 0 Å². The number of Topliss-reactive ketones (excluding diaryl/α,β-unsaturated/α-hetero) is 1. The number of hydrogen-bond donors (Lipinski definition) is 2. The molecule has 0 aliphatic carbocycles. The second kappa shape index (κ2) is 7.95. The molecule has 0 fully saturated rings. The van der Waals surface area contributed by atoms with Crippen molar-refractivity contribution in [2.45, 2.75) is 25.1 Å². The summed E-state index contributed by atoms with van der Waals surface area (Å²) in [6, 6.07) is 7.88. The van der Waals surface area contributed by atoms with Gasteiger partial charge in [0.25, 0.3) is 0 Å². The number of nitrogens with zero attached hydrogens (tertiary/aromatic N) is 3. The van der Waals surface area contributed by atoms with Gasteiger partial charge in [-0.05, 0) is 31.9 Å². The van der Waals surface area contributed by atoms with Gasteiger partial charge in [-0.15, -0.1) is 10.2 Å². The fourth-order valence-electron chi connectivity index (χ4n) is 2.01. The Kier molecular flexibility index (Phi) is 5.95. The van der Waals surface area contributed by atoms with E-state index in [0.717, 1.165) is 16.8 Å². The van der Waals surface area contributed by atoms with Crippen LogP contribution >= 0.6 is 23.1 Å². The van der Waals surface area contributed by atoms with Gasteiger partial charge in [-0.25, -0.2) is 0 Å². The van der Waals surface area contributed by atoms with Crippen molar-refractivity contribution >= 4 is 39.7 Å². The Morgan fingerprint density at radius 1 is 1.38 bits per heavy atom. The summed E-state index contributed by atoms with van der Waals surface area (Å²) in [7, 11) is 0. The first-order chi connectivity index (χ1) is 11.4. The molecule has 0 atom stereocenters. The Labute approximate surface area is 148 Å². The molecule has 0 spiro atoms. The minimum atomic E-state index is -0.304. The fraction of sp³-hybridized carbons (Fsp3) is 0.250. The molecule has 8 heteroatoms. The number of aryl methyl sites for hydroxylation is 2. The first-order valence-electron chi connectivity index (χ1n) is 7.11. The van der Waals surface area contributed by atoms with E-state index < -0.39 is 0 Å². The maximum Gasteiger partial charge on any atom is 0.210 e. The molecule has 3 N–H and O–H groups in total. The van der Waals surface area contributed by atoms with Gasteiger partial charge in [0, 0.05) is 11.4 Å². The lowest BCUT2D eigenvalue weighted by atomic mass is 10.1. The van der Waals surface area contributed by atoms with Gasteiger partial charge >= 0.3 is 0 Å². The number of benzene rings is 1. The lowest BCUT2D eigenvalue weighted by Crippen LogP contribution is -2.10. The molecule has 1 heterocycles. The number of para-hydroxylation sites is 1. The molecule has 0 aliphatic heterocycles. The molecule has 0 unspecified atom stereocenters. The second-order valence-corrected chi connectivity index (χ2v) is 7.35. The van der Waals surface area contributed by atoms with E-state index in [9.17, 15) is 4.79 Å². The van der Waals surface area contributed by atoms with Crippen molar-refractivity contribution in [2.75, 3.05) is 11.1 Å². The number of rotatable bonds is 6. The maximum atomic E-state index is 11.9. The highest BCUT2D eigenvalue weighted by molar-refractivity contribution is 8.01. The molecule has 0 saturated carbocycles. The normalized spacial score (nSPS) is 11.6. The van der Waals surface area contributed by atoms with Crippen molar-refractivity contribution in [3.63, 3.8) is 0 Å². The Morgan fingerprint density at radius 3 is 2.62 bits per heavy atom. The molecule has 0 aliphatic rings. The minimum absolute atomic E-state index is 0.000832. The van der Waals surface area contributed by atoms with Gasteiger partial charge in [0.15, 0.2) is 10.1 Å². The van der Waals surface area contributed by atoms with Gasteiger partial charge in [-0.2, -0.15) is 5.26 Å². The highest BCUT2D eigenvalue weighted by Crippen LogP contribution is 2.30. The lowest BCUT2D eigenvalue weighted by molar-refractivity contribution is -0.112. The molecule has 1 aromatic carbocycles. The van der Waals surface area contributed by atoms with Gasteiger partial charge < -0.3 is 11.1 Å². The predicted octanol–water partition coefficient (Wildman–Crippen LogP) is 3.32. The lowest BCUT2D eigenvalue weighted by Gasteiger charge is -2.09. The topological polar surface area (TPSA) is 105 Å². The molecule has 6 nitrogen and oxygen atoms in total. The first kappa shape index (κ1) is 18.0. The van der Waals surface area contributed by atoms with E-state index in [1.165, 1.54) is 23.1 Å². The number of nitrogens with one attached hydrogen (secondary N) is 1. The van der Waals surface area contributed by atoms with Gasteiger partial charge in [0.1, 0.15) is 11.6 Å². The molecule has 2 aromatic rings. The molecule has 24 heavy (non-hydrogen) atoms. The number of anilines is 2. The summed E-state index contributed by atoms with van der Waals surface area (Å²) in [4.78, 5) is 11.9. The van der Waals surface area contributed by atoms with E-state index in [4.69, 9.17) is 11.0 Å². The van der Waals surface area contributed by atoms with Crippen molar-refractivity contribution in [3.05, 3.63) is 40.6 Å². The molecule has 0 amide bonds. The Balaban J connectivity index is 2.03. The molecule has 0 bridgehead atoms. The van der Waals surface area contributed by atoms with E-state index >= 15 is 0 Å².